The van der Waals surface area contributed by atoms with Crippen LogP contribution in [0.5, 0.6) is 0 Å². The lowest BCUT2D eigenvalue weighted by Crippen LogP contribution is -2.20. The van der Waals surface area contributed by atoms with Gasteiger partial charge in [0.25, 0.3) is 0 Å². The van der Waals surface area contributed by atoms with Gasteiger partial charge in [0, 0.05) is 46.5 Å². The van der Waals surface area contributed by atoms with Crippen LogP contribution in [0.3, 0.4) is 0 Å². The third-order valence-corrected chi connectivity index (χ3v) is 3.98. The fourth-order valence-electron chi connectivity index (χ4n) is 1.16. The highest BCUT2D eigenvalue weighted by molar-refractivity contribution is 7.84. The second-order valence-corrected chi connectivity index (χ2v) is 6.02. The summed E-state index contributed by atoms with van der Waals surface area (Å²) in [4.78, 5) is 0. The molecule has 1 atom stereocenters. The van der Waals surface area contributed by atoms with Crippen molar-refractivity contribution in [3.8, 4) is 0 Å². The van der Waals surface area contributed by atoms with E-state index < -0.39 is 10.8 Å². The molecule has 0 bridgehead atoms. The van der Waals surface area contributed by atoms with Gasteiger partial charge in [-0.15, -0.1) is 0 Å². The molecule has 0 heterocycles. The molecule has 0 radical (unpaired) electrons. The molecule has 0 saturated carbocycles. The second kappa shape index (κ2) is 6.82. The molecular formula is C10H12Cl3NOS. The van der Waals surface area contributed by atoms with E-state index in [2.05, 4.69) is 5.32 Å². The lowest BCUT2D eigenvalue weighted by atomic mass is 10.2. The van der Waals surface area contributed by atoms with Gasteiger partial charge in [-0.05, 0) is 12.1 Å². The fourth-order valence-corrected chi connectivity index (χ4v) is 2.27. The summed E-state index contributed by atoms with van der Waals surface area (Å²) in [7, 11) is -0.793. The highest BCUT2D eigenvalue weighted by Gasteiger charge is 2.08. The van der Waals surface area contributed by atoms with Crippen molar-refractivity contribution >= 4 is 45.6 Å². The zero-order chi connectivity index (χ0) is 12.1. The number of halogens is 3. The third-order valence-electron chi connectivity index (χ3n) is 2.01. The van der Waals surface area contributed by atoms with Crippen molar-refractivity contribution < 1.29 is 4.21 Å². The van der Waals surface area contributed by atoms with Crippen LogP contribution in [0.25, 0.3) is 0 Å². The topological polar surface area (TPSA) is 29.1 Å². The third kappa shape index (κ3) is 4.22. The van der Waals surface area contributed by atoms with E-state index in [0.717, 1.165) is 5.56 Å². The minimum Gasteiger partial charge on any atom is -0.312 e. The molecule has 1 N–H and O–H groups in total. The van der Waals surface area contributed by atoms with Crippen LogP contribution in [0.4, 0.5) is 0 Å². The monoisotopic (exact) mass is 299 g/mol. The van der Waals surface area contributed by atoms with Crippen LogP contribution < -0.4 is 5.32 Å². The first-order valence-electron chi connectivity index (χ1n) is 4.65. The first-order valence-corrected chi connectivity index (χ1v) is 7.51. The van der Waals surface area contributed by atoms with E-state index >= 15 is 0 Å². The van der Waals surface area contributed by atoms with Gasteiger partial charge < -0.3 is 5.32 Å². The lowest BCUT2D eigenvalue weighted by molar-refractivity contribution is 0.677. The van der Waals surface area contributed by atoms with Gasteiger partial charge in [-0.3, -0.25) is 4.21 Å². The Kier molecular flexibility index (Phi) is 6.08. The van der Waals surface area contributed by atoms with Crippen molar-refractivity contribution in [2.24, 2.45) is 0 Å². The summed E-state index contributed by atoms with van der Waals surface area (Å²) >= 11 is 17.9. The minimum absolute atomic E-state index is 0.472. The Hall–Kier alpha value is 0.200. The molecule has 90 valence electrons. The number of benzene rings is 1. The van der Waals surface area contributed by atoms with Crippen molar-refractivity contribution in [3.05, 3.63) is 32.8 Å². The molecular weight excluding hydrogens is 289 g/mol. The summed E-state index contributed by atoms with van der Waals surface area (Å²) in [5.74, 6) is 0.607. The highest BCUT2D eigenvalue weighted by atomic mass is 35.5. The summed E-state index contributed by atoms with van der Waals surface area (Å²) in [6.45, 7) is 1.18. The number of hydrogen-bond acceptors (Lipinski definition) is 2. The van der Waals surface area contributed by atoms with Crippen molar-refractivity contribution in [3.63, 3.8) is 0 Å². The van der Waals surface area contributed by atoms with Crippen LogP contribution in [-0.2, 0) is 17.3 Å². The van der Waals surface area contributed by atoms with Crippen LogP contribution in [0.15, 0.2) is 12.1 Å². The summed E-state index contributed by atoms with van der Waals surface area (Å²) in [5, 5.41) is 4.66. The van der Waals surface area contributed by atoms with Crippen molar-refractivity contribution in [1.29, 1.82) is 0 Å². The van der Waals surface area contributed by atoms with E-state index in [9.17, 15) is 4.21 Å². The van der Waals surface area contributed by atoms with E-state index in [4.69, 9.17) is 34.8 Å². The molecule has 0 spiro atoms. The molecule has 1 aromatic rings. The van der Waals surface area contributed by atoms with E-state index in [-0.39, 0.29) is 0 Å². The normalized spacial score (nSPS) is 12.8. The van der Waals surface area contributed by atoms with Crippen molar-refractivity contribution in [2.75, 3.05) is 18.6 Å². The second-order valence-electron chi connectivity index (χ2n) is 3.28. The molecule has 0 aromatic heterocycles. The predicted octanol–water partition coefficient (Wildman–Crippen LogP) is 3.11. The average molecular weight is 301 g/mol. The van der Waals surface area contributed by atoms with E-state index in [1.165, 1.54) is 0 Å². The molecule has 0 amide bonds. The maximum atomic E-state index is 10.8. The first-order chi connectivity index (χ1) is 7.52. The van der Waals surface area contributed by atoms with E-state index in [1.807, 2.05) is 0 Å². The molecule has 1 aromatic carbocycles. The van der Waals surface area contributed by atoms with Gasteiger partial charge in [-0.2, -0.15) is 0 Å². The quantitative estimate of drug-likeness (QED) is 0.669. The molecule has 0 aliphatic carbocycles. The fraction of sp³-hybridized carbons (Fsp3) is 0.400. The molecule has 0 saturated heterocycles. The van der Waals surface area contributed by atoms with Crippen LogP contribution in [0.1, 0.15) is 5.56 Å². The minimum atomic E-state index is -0.793. The molecule has 1 rings (SSSR count). The zero-order valence-corrected chi connectivity index (χ0v) is 11.8. The van der Waals surface area contributed by atoms with Gasteiger partial charge in [-0.1, -0.05) is 34.8 Å². The summed E-state index contributed by atoms with van der Waals surface area (Å²) < 4.78 is 10.8. The maximum Gasteiger partial charge on any atom is 0.0652 e. The van der Waals surface area contributed by atoms with Gasteiger partial charge in [-0.25, -0.2) is 0 Å². The Bertz CT molecular complexity index is 398. The van der Waals surface area contributed by atoms with Gasteiger partial charge in [0.2, 0.25) is 0 Å². The van der Waals surface area contributed by atoms with Gasteiger partial charge in [0.1, 0.15) is 0 Å². The summed E-state index contributed by atoms with van der Waals surface area (Å²) in [6.07, 6.45) is 1.67. The molecule has 2 nitrogen and oxygen atoms in total. The molecule has 16 heavy (non-hydrogen) atoms. The van der Waals surface area contributed by atoms with E-state index in [1.54, 1.807) is 18.4 Å². The Balaban J connectivity index is 2.60. The van der Waals surface area contributed by atoms with Crippen LogP contribution >= 0.6 is 34.8 Å². The van der Waals surface area contributed by atoms with Crippen LogP contribution in [0, 0.1) is 0 Å². The van der Waals surface area contributed by atoms with Crippen molar-refractivity contribution in [2.45, 2.75) is 6.54 Å². The average Bonchev–Trinajstić information content (AvgIpc) is 2.22. The zero-order valence-electron chi connectivity index (χ0n) is 8.73. The number of hydrogen-bond donors (Lipinski definition) is 1. The standard InChI is InChI=1S/C10H12Cl3NOS/c1-16(15)5-4-14-6-7-8(11)2-3-9(12)10(7)13/h2-3,14H,4-6H2,1H3. The van der Waals surface area contributed by atoms with Crippen LogP contribution in [0.2, 0.25) is 15.1 Å². The number of nitrogens with one attached hydrogen (secondary N) is 1. The van der Waals surface area contributed by atoms with Gasteiger partial charge in [0.15, 0.2) is 0 Å². The molecule has 1 unspecified atom stereocenters. The largest absolute Gasteiger partial charge is 0.312 e. The van der Waals surface area contributed by atoms with Gasteiger partial charge in [0.05, 0.1) is 10.0 Å². The highest BCUT2D eigenvalue weighted by Crippen LogP contribution is 2.31. The summed E-state index contributed by atoms with van der Waals surface area (Å²) in [6, 6.07) is 3.38. The Morgan fingerprint density at radius 3 is 2.50 bits per heavy atom. The Morgan fingerprint density at radius 2 is 1.88 bits per heavy atom. The Morgan fingerprint density at radius 1 is 1.25 bits per heavy atom. The first kappa shape index (κ1) is 14.3. The Labute approximate surface area is 113 Å². The van der Waals surface area contributed by atoms with E-state index in [0.29, 0.717) is 33.9 Å². The van der Waals surface area contributed by atoms with Gasteiger partial charge >= 0.3 is 0 Å². The smallest absolute Gasteiger partial charge is 0.0652 e. The molecule has 0 aliphatic rings. The lowest BCUT2D eigenvalue weighted by Gasteiger charge is -2.09. The summed E-state index contributed by atoms with van der Waals surface area (Å²) in [5.41, 5.74) is 0.776. The van der Waals surface area contributed by atoms with Crippen molar-refractivity contribution in [1.82, 2.24) is 5.32 Å². The predicted molar refractivity (Wildman–Crippen MR) is 72.1 cm³/mol. The molecule has 6 heteroatoms. The molecule has 0 aliphatic heterocycles. The SMILES string of the molecule is CS(=O)CCNCc1c(Cl)ccc(Cl)c1Cl. The molecule has 0 fully saturated rings. The number of rotatable bonds is 5. The maximum absolute atomic E-state index is 10.8. The van der Waals surface area contributed by atoms with Crippen LogP contribution in [-0.4, -0.2) is 22.8 Å².